The van der Waals surface area contributed by atoms with Gasteiger partial charge in [0.25, 0.3) is 5.91 Å². The Hall–Kier alpha value is -2.27. The summed E-state index contributed by atoms with van der Waals surface area (Å²) < 4.78 is 0. The van der Waals surface area contributed by atoms with E-state index in [9.17, 15) is 9.59 Å². The van der Waals surface area contributed by atoms with Gasteiger partial charge in [-0.1, -0.05) is 30.3 Å². The molecule has 2 aromatic rings. The lowest BCUT2D eigenvalue weighted by molar-refractivity contribution is -0.141. The Morgan fingerprint density at radius 3 is 2.40 bits per heavy atom. The van der Waals surface area contributed by atoms with Gasteiger partial charge in [-0.25, -0.2) is 0 Å². The van der Waals surface area contributed by atoms with Gasteiger partial charge >= 0.3 is 5.97 Å². The van der Waals surface area contributed by atoms with E-state index in [1.807, 2.05) is 42.5 Å². The van der Waals surface area contributed by atoms with Crippen LogP contribution >= 0.6 is 11.8 Å². The van der Waals surface area contributed by atoms with Crippen LogP contribution in [0.25, 0.3) is 0 Å². The third kappa shape index (κ3) is 4.86. The molecule has 1 fully saturated rings. The van der Waals surface area contributed by atoms with Crippen molar-refractivity contribution < 1.29 is 14.7 Å². The highest BCUT2D eigenvalue weighted by Gasteiger charge is 2.30. The Balaban J connectivity index is 1.51. The number of amides is 1. The van der Waals surface area contributed by atoms with Crippen molar-refractivity contribution >= 4 is 23.6 Å². The maximum atomic E-state index is 12.3. The highest BCUT2D eigenvalue weighted by atomic mass is 32.2. The van der Waals surface area contributed by atoms with Crippen molar-refractivity contribution in [1.29, 1.82) is 0 Å². The average Bonchev–Trinajstić information content (AvgIpc) is 3.10. The largest absolute Gasteiger partial charge is 0.481 e. The fraction of sp³-hybridized carbons (Fsp3) is 0.300. The van der Waals surface area contributed by atoms with E-state index in [2.05, 4.69) is 17.4 Å². The number of nitrogens with one attached hydrogen (secondary N) is 1. The summed E-state index contributed by atoms with van der Waals surface area (Å²) >= 11 is 1.76. The van der Waals surface area contributed by atoms with Crippen LogP contribution < -0.4 is 5.32 Å². The van der Waals surface area contributed by atoms with Gasteiger partial charge in [-0.05, 0) is 49.1 Å². The van der Waals surface area contributed by atoms with E-state index in [1.165, 1.54) is 4.90 Å². The van der Waals surface area contributed by atoms with Crippen molar-refractivity contribution in [2.75, 3.05) is 0 Å². The summed E-state index contributed by atoms with van der Waals surface area (Å²) in [5.74, 6) is -0.368. The average molecular weight is 355 g/mol. The predicted molar refractivity (Wildman–Crippen MR) is 98.7 cm³/mol. The van der Waals surface area contributed by atoms with Gasteiger partial charge in [-0.2, -0.15) is 0 Å². The standard InChI is InChI=1S/C20H21NO3S/c22-19(21-17-11-10-16(12-17)20(23)24)15-8-6-14(7-9-15)13-25-18-4-2-1-3-5-18/h1-9,16-17H,10-13H2,(H,21,22)(H,23,24)/t16-,17+/m0/s1. The van der Waals surface area contributed by atoms with Gasteiger partial charge in [0.2, 0.25) is 0 Å². The second kappa shape index (κ2) is 8.21. The third-order valence-corrected chi connectivity index (χ3v) is 5.57. The van der Waals surface area contributed by atoms with Gasteiger partial charge in [-0.15, -0.1) is 11.8 Å². The van der Waals surface area contributed by atoms with Gasteiger partial charge < -0.3 is 10.4 Å². The number of carboxylic acid groups (broad SMARTS) is 1. The number of carbonyl (C=O) groups is 2. The highest BCUT2D eigenvalue weighted by Crippen LogP contribution is 2.26. The van der Waals surface area contributed by atoms with E-state index in [0.717, 1.165) is 17.7 Å². The van der Waals surface area contributed by atoms with Gasteiger partial charge in [-0.3, -0.25) is 9.59 Å². The molecule has 130 valence electrons. The molecule has 0 spiro atoms. The number of hydrogen-bond acceptors (Lipinski definition) is 3. The molecule has 0 radical (unpaired) electrons. The number of rotatable bonds is 6. The summed E-state index contributed by atoms with van der Waals surface area (Å²) in [7, 11) is 0. The molecule has 0 heterocycles. The first-order valence-electron chi connectivity index (χ1n) is 8.42. The topological polar surface area (TPSA) is 66.4 Å². The molecule has 25 heavy (non-hydrogen) atoms. The molecule has 4 nitrogen and oxygen atoms in total. The number of thioether (sulfide) groups is 1. The minimum absolute atomic E-state index is 0.0399. The van der Waals surface area contributed by atoms with E-state index in [4.69, 9.17) is 5.11 Å². The molecule has 1 saturated carbocycles. The molecule has 2 aromatic carbocycles. The zero-order valence-corrected chi connectivity index (χ0v) is 14.7. The van der Waals surface area contributed by atoms with Crippen LogP contribution in [0, 0.1) is 5.92 Å². The Labute approximate surface area is 151 Å². The van der Waals surface area contributed by atoms with Crippen LogP contribution in [0.3, 0.4) is 0 Å². The molecular weight excluding hydrogens is 334 g/mol. The summed E-state index contributed by atoms with van der Waals surface area (Å²) in [6.45, 7) is 0. The molecular formula is C20H21NO3S. The van der Waals surface area contributed by atoms with Crippen LogP contribution in [-0.2, 0) is 10.5 Å². The molecule has 0 bridgehead atoms. The molecule has 0 unspecified atom stereocenters. The summed E-state index contributed by atoms with van der Waals surface area (Å²) in [6, 6.07) is 17.8. The monoisotopic (exact) mass is 355 g/mol. The summed E-state index contributed by atoms with van der Waals surface area (Å²) in [5, 5.41) is 12.0. The van der Waals surface area contributed by atoms with Gasteiger partial charge in [0.05, 0.1) is 5.92 Å². The third-order valence-electron chi connectivity index (χ3n) is 4.48. The SMILES string of the molecule is O=C(N[C@@H]1CC[C@H](C(=O)O)C1)c1ccc(CSc2ccccc2)cc1. The molecule has 0 aliphatic heterocycles. The van der Waals surface area contributed by atoms with Crippen LogP contribution in [0.4, 0.5) is 0 Å². The van der Waals surface area contributed by atoms with Crippen LogP contribution in [0.5, 0.6) is 0 Å². The molecule has 0 saturated heterocycles. The summed E-state index contributed by atoms with van der Waals surface area (Å²) in [5.41, 5.74) is 1.78. The zero-order valence-electron chi connectivity index (χ0n) is 13.9. The molecule has 1 aliphatic carbocycles. The van der Waals surface area contributed by atoms with Crippen molar-refractivity contribution in [1.82, 2.24) is 5.32 Å². The van der Waals surface area contributed by atoms with E-state index in [1.54, 1.807) is 11.8 Å². The number of carbonyl (C=O) groups excluding carboxylic acids is 1. The Bertz CT molecular complexity index is 730. The molecule has 2 N–H and O–H groups in total. The molecule has 0 aromatic heterocycles. The summed E-state index contributed by atoms with van der Waals surface area (Å²) in [4.78, 5) is 24.5. The molecule has 5 heteroatoms. The maximum absolute atomic E-state index is 12.3. The van der Waals surface area contributed by atoms with Crippen molar-refractivity contribution in [3.8, 4) is 0 Å². The molecule has 3 rings (SSSR count). The first kappa shape index (κ1) is 17.5. The van der Waals surface area contributed by atoms with Gasteiger partial charge in [0.15, 0.2) is 0 Å². The smallest absolute Gasteiger partial charge is 0.306 e. The van der Waals surface area contributed by atoms with E-state index in [-0.39, 0.29) is 17.9 Å². The fourth-order valence-corrected chi connectivity index (χ4v) is 3.92. The molecule has 1 aliphatic rings. The Morgan fingerprint density at radius 2 is 1.76 bits per heavy atom. The van der Waals surface area contributed by atoms with Crippen LogP contribution in [0.15, 0.2) is 59.5 Å². The normalized spacial score (nSPS) is 19.5. The van der Waals surface area contributed by atoms with Crippen molar-refractivity contribution in [3.63, 3.8) is 0 Å². The van der Waals surface area contributed by atoms with Crippen molar-refractivity contribution in [2.24, 2.45) is 5.92 Å². The number of aliphatic carboxylic acids is 1. The predicted octanol–water partition coefficient (Wildman–Crippen LogP) is 3.96. The van der Waals surface area contributed by atoms with Crippen LogP contribution in [0.2, 0.25) is 0 Å². The van der Waals surface area contributed by atoms with E-state index in [0.29, 0.717) is 18.4 Å². The fourth-order valence-electron chi connectivity index (χ4n) is 3.04. The first-order chi connectivity index (χ1) is 12.1. The van der Waals surface area contributed by atoms with E-state index >= 15 is 0 Å². The maximum Gasteiger partial charge on any atom is 0.306 e. The first-order valence-corrected chi connectivity index (χ1v) is 9.41. The lowest BCUT2D eigenvalue weighted by Gasteiger charge is -2.12. The Morgan fingerprint density at radius 1 is 1.04 bits per heavy atom. The van der Waals surface area contributed by atoms with Crippen molar-refractivity contribution in [2.45, 2.75) is 36.0 Å². The number of carboxylic acids is 1. The molecule has 1 amide bonds. The zero-order chi connectivity index (χ0) is 17.6. The molecule has 2 atom stereocenters. The number of hydrogen-bond donors (Lipinski definition) is 2. The minimum atomic E-state index is -0.767. The van der Waals surface area contributed by atoms with E-state index < -0.39 is 5.97 Å². The van der Waals surface area contributed by atoms with Crippen LogP contribution in [-0.4, -0.2) is 23.0 Å². The lowest BCUT2D eigenvalue weighted by atomic mass is 10.1. The number of benzene rings is 2. The summed E-state index contributed by atoms with van der Waals surface area (Å²) in [6.07, 6.45) is 1.89. The Kier molecular flexibility index (Phi) is 5.76. The van der Waals surface area contributed by atoms with Crippen molar-refractivity contribution in [3.05, 3.63) is 65.7 Å². The quantitative estimate of drug-likeness (QED) is 0.770. The van der Waals surface area contributed by atoms with Crippen LogP contribution in [0.1, 0.15) is 35.2 Å². The minimum Gasteiger partial charge on any atom is -0.481 e. The highest BCUT2D eigenvalue weighted by molar-refractivity contribution is 7.98. The lowest BCUT2D eigenvalue weighted by Crippen LogP contribution is -2.33. The van der Waals surface area contributed by atoms with Gasteiger partial charge in [0.1, 0.15) is 0 Å². The van der Waals surface area contributed by atoms with Gasteiger partial charge in [0, 0.05) is 22.3 Å². The second-order valence-corrected chi connectivity index (χ2v) is 7.37. The second-order valence-electron chi connectivity index (χ2n) is 6.32.